The van der Waals surface area contributed by atoms with Crippen molar-refractivity contribution in [1.29, 1.82) is 0 Å². The highest BCUT2D eigenvalue weighted by molar-refractivity contribution is 6.03. The zero-order valence-corrected chi connectivity index (χ0v) is 10.6. The van der Waals surface area contributed by atoms with Crippen molar-refractivity contribution in [3.63, 3.8) is 0 Å². The fourth-order valence-electron chi connectivity index (χ4n) is 1.58. The van der Waals surface area contributed by atoms with Gasteiger partial charge >= 0.3 is 5.97 Å². The van der Waals surface area contributed by atoms with Gasteiger partial charge in [-0.2, -0.15) is 0 Å². The van der Waals surface area contributed by atoms with Gasteiger partial charge in [-0.25, -0.2) is 4.79 Å². The summed E-state index contributed by atoms with van der Waals surface area (Å²) in [4.78, 5) is 22.5. The van der Waals surface area contributed by atoms with E-state index in [1.54, 1.807) is 25.3 Å². The van der Waals surface area contributed by atoms with Crippen LogP contribution in [0.2, 0.25) is 0 Å². The molecule has 0 aliphatic heterocycles. The van der Waals surface area contributed by atoms with E-state index in [4.69, 9.17) is 9.84 Å². The second-order valence-electron chi connectivity index (χ2n) is 3.97. The number of carbonyl (C=O) groups is 2. The van der Waals surface area contributed by atoms with Gasteiger partial charge in [-0.15, -0.1) is 0 Å². The van der Waals surface area contributed by atoms with E-state index in [1.807, 2.05) is 6.07 Å². The van der Waals surface area contributed by atoms with Gasteiger partial charge < -0.3 is 19.7 Å². The zero-order valence-electron chi connectivity index (χ0n) is 10.6. The molecule has 2 N–H and O–H groups in total. The zero-order chi connectivity index (χ0) is 14.5. The van der Waals surface area contributed by atoms with Crippen LogP contribution in [0, 0.1) is 0 Å². The van der Waals surface area contributed by atoms with Crippen molar-refractivity contribution in [2.45, 2.75) is 6.61 Å². The molecule has 2 aromatic rings. The second kappa shape index (κ2) is 5.98. The number of rotatable bonds is 5. The predicted octanol–water partition coefficient (Wildman–Crippen LogP) is 1.77. The number of methoxy groups -OCH3 is 1. The van der Waals surface area contributed by atoms with Gasteiger partial charge in [-0.05, 0) is 17.7 Å². The molecular formula is C13H12N2O5. The first-order valence-corrected chi connectivity index (χ1v) is 5.69. The van der Waals surface area contributed by atoms with E-state index in [9.17, 15) is 9.59 Å². The summed E-state index contributed by atoms with van der Waals surface area (Å²) in [6.07, 6.45) is 0. The molecule has 2 rings (SSSR count). The third-order valence-corrected chi connectivity index (χ3v) is 2.45. The molecule has 0 radical (unpaired) electrons. The number of nitrogens with zero attached hydrogens (tertiary/aromatic N) is 1. The molecule has 0 spiro atoms. The monoisotopic (exact) mass is 276 g/mol. The third-order valence-electron chi connectivity index (χ3n) is 2.45. The molecule has 20 heavy (non-hydrogen) atoms. The number of carboxylic acids is 1. The van der Waals surface area contributed by atoms with E-state index in [1.165, 1.54) is 0 Å². The fourth-order valence-corrected chi connectivity index (χ4v) is 1.58. The number of hydrogen-bond donors (Lipinski definition) is 2. The molecule has 1 aromatic carbocycles. The average molecular weight is 276 g/mol. The number of anilines is 1. The molecule has 104 valence electrons. The average Bonchev–Trinajstić information content (AvgIpc) is 2.89. The minimum atomic E-state index is -1.28. The molecule has 0 bridgehead atoms. The Labute approximate surface area is 114 Å². The highest BCUT2D eigenvalue weighted by atomic mass is 16.5. The predicted molar refractivity (Wildman–Crippen MR) is 68.6 cm³/mol. The summed E-state index contributed by atoms with van der Waals surface area (Å²) in [5.74, 6) is -2.21. The maximum Gasteiger partial charge on any atom is 0.374 e. The Hall–Kier alpha value is -2.67. The number of aromatic nitrogens is 1. The number of ether oxygens (including phenoxy) is 1. The van der Waals surface area contributed by atoms with Crippen molar-refractivity contribution in [2.75, 3.05) is 12.4 Å². The van der Waals surface area contributed by atoms with Crippen LogP contribution in [0.1, 0.15) is 26.6 Å². The van der Waals surface area contributed by atoms with Gasteiger partial charge in [0.05, 0.1) is 6.61 Å². The summed E-state index contributed by atoms with van der Waals surface area (Å²) in [5, 5.41) is 14.7. The van der Waals surface area contributed by atoms with Gasteiger partial charge in [0, 0.05) is 18.9 Å². The largest absolute Gasteiger partial charge is 0.475 e. The van der Waals surface area contributed by atoms with Crippen LogP contribution >= 0.6 is 0 Å². The van der Waals surface area contributed by atoms with Crippen LogP contribution in [0.5, 0.6) is 0 Å². The van der Waals surface area contributed by atoms with Crippen molar-refractivity contribution < 1.29 is 24.0 Å². The first kappa shape index (κ1) is 13.8. The first-order valence-electron chi connectivity index (χ1n) is 5.69. The van der Waals surface area contributed by atoms with E-state index in [0.717, 1.165) is 11.6 Å². The molecule has 0 unspecified atom stereocenters. The number of hydrogen-bond acceptors (Lipinski definition) is 5. The van der Waals surface area contributed by atoms with Gasteiger partial charge in [0.15, 0.2) is 5.69 Å². The lowest BCUT2D eigenvalue weighted by molar-refractivity contribution is 0.0651. The Kier molecular flexibility index (Phi) is 4.11. The molecule has 7 nitrogen and oxygen atoms in total. The summed E-state index contributed by atoms with van der Waals surface area (Å²) >= 11 is 0. The Balaban J connectivity index is 2.10. The Morgan fingerprint density at radius 2 is 2.20 bits per heavy atom. The summed E-state index contributed by atoms with van der Waals surface area (Å²) < 4.78 is 9.51. The van der Waals surface area contributed by atoms with Crippen molar-refractivity contribution >= 4 is 17.6 Å². The van der Waals surface area contributed by atoms with E-state index in [2.05, 4.69) is 15.0 Å². The first-order chi connectivity index (χ1) is 9.60. The van der Waals surface area contributed by atoms with Gasteiger partial charge in [-0.3, -0.25) is 4.79 Å². The molecule has 0 saturated carbocycles. The Morgan fingerprint density at radius 1 is 1.40 bits per heavy atom. The number of benzene rings is 1. The lowest BCUT2D eigenvalue weighted by Gasteiger charge is -2.05. The van der Waals surface area contributed by atoms with Crippen molar-refractivity contribution in [3.05, 3.63) is 47.3 Å². The topological polar surface area (TPSA) is 102 Å². The SMILES string of the molecule is COCc1cccc(NC(=O)c2cc(C(=O)O)on2)c1. The Bertz CT molecular complexity index is 635. The van der Waals surface area contributed by atoms with E-state index >= 15 is 0 Å². The summed E-state index contributed by atoms with van der Waals surface area (Å²) in [6.45, 7) is 0.427. The normalized spacial score (nSPS) is 10.2. The summed E-state index contributed by atoms with van der Waals surface area (Å²) in [6, 6.07) is 8.15. The van der Waals surface area contributed by atoms with Gasteiger partial charge in [0.1, 0.15) is 0 Å². The van der Waals surface area contributed by atoms with Gasteiger partial charge in [0.25, 0.3) is 5.91 Å². The van der Waals surface area contributed by atoms with Gasteiger partial charge in [0.2, 0.25) is 5.76 Å². The maximum atomic E-state index is 11.9. The standard InChI is InChI=1S/C13H12N2O5/c1-19-7-8-3-2-4-9(5-8)14-12(16)10-6-11(13(17)18)20-15-10/h2-6H,7H2,1H3,(H,14,16)(H,17,18). The van der Waals surface area contributed by atoms with Crippen LogP contribution in [-0.2, 0) is 11.3 Å². The van der Waals surface area contributed by atoms with Crippen molar-refractivity contribution in [1.82, 2.24) is 5.16 Å². The van der Waals surface area contributed by atoms with Crippen molar-refractivity contribution in [2.24, 2.45) is 0 Å². The molecule has 0 saturated heterocycles. The van der Waals surface area contributed by atoms with Crippen LogP contribution in [0.25, 0.3) is 0 Å². The third kappa shape index (κ3) is 3.21. The molecule has 0 fully saturated rings. The molecular weight excluding hydrogens is 264 g/mol. The molecule has 1 aromatic heterocycles. The lowest BCUT2D eigenvalue weighted by Crippen LogP contribution is -2.12. The highest BCUT2D eigenvalue weighted by Gasteiger charge is 2.16. The van der Waals surface area contributed by atoms with Crippen molar-refractivity contribution in [3.8, 4) is 0 Å². The minimum absolute atomic E-state index is 0.0976. The molecule has 0 aliphatic rings. The van der Waals surface area contributed by atoms with Crippen LogP contribution in [-0.4, -0.2) is 29.2 Å². The van der Waals surface area contributed by atoms with Crippen LogP contribution in [0.15, 0.2) is 34.9 Å². The molecule has 7 heteroatoms. The van der Waals surface area contributed by atoms with Crippen LogP contribution in [0.4, 0.5) is 5.69 Å². The van der Waals surface area contributed by atoms with Gasteiger partial charge in [-0.1, -0.05) is 17.3 Å². The quantitative estimate of drug-likeness (QED) is 0.862. The number of carbonyl (C=O) groups excluding carboxylic acids is 1. The maximum absolute atomic E-state index is 11.9. The summed E-state index contributed by atoms with van der Waals surface area (Å²) in [5.41, 5.74) is 1.36. The molecule has 1 heterocycles. The molecule has 1 amide bonds. The molecule has 0 aliphatic carbocycles. The number of carboxylic acid groups (broad SMARTS) is 1. The fraction of sp³-hybridized carbons (Fsp3) is 0.154. The van der Waals surface area contributed by atoms with Crippen LogP contribution in [0.3, 0.4) is 0 Å². The highest BCUT2D eigenvalue weighted by Crippen LogP contribution is 2.13. The minimum Gasteiger partial charge on any atom is -0.475 e. The number of amides is 1. The number of nitrogens with one attached hydrogen (secondary N) is 1. The smallest absolute Gasteiger partial charge is 0.374 e. The summed E-state index contributed by atoms with van der Waals surface area (Å²) in [7, 11) is 1.58. The van der Waals surface area contributed by atoms with E-state index < -0.39 is 11.9 Å². The van der Waals surface area contributed by atoms with Crippen LogP contribution < -0.4 is 5.32 Å². The molecule has 0 atom stereocenters. The lowest BCUT2D eigenvalue weighted by atomic mass is 10.2. The van der Waals surface area contributed by atoms with E-state index in [-0.39, 0.29) is 11.5 Å². The Morgan fingerprint density at radius 3 is 2.85 bits per heavy atom. The van der Waals surface area contributed by atoms with E-state index in [0.29, 0.717) is 12.3 Å². The number of aromatic carboxylic acids is 1. The second-order valence-corrected chi connectivity index (χ2v) is 3.97.